The fraction of sp³-hybridized carbons (Fsp3) is 0.455. The summed E-state index contributed by atoms with van der Waals surface area (Å²) in [5.74, 6) is 0. The van der Waals surface area contributed by atoms with Gasteiger partial charge in [-0.2, -0.15) is 5.10 Å². The van der Waals surface area contributed by atoms with E-state index in [1.807, 2.05) is 12.5 Å². The van der Waals surface area contributed by atoms with Crippen molar-refractivity contribution in [3.05, 3.63) is 59.8 Å². The minimum Gasteiger partial charge on any atom is -0.323 e. The minimum absolute atomic E-state index is 0.249. The second kappa shape index (κ2) is 8.53. The van der Waals surface area contributed by atoms with E-state index in [4.69, 9.17) is 5.10 Å². The second-order valence-corrected chi connectivity index (χ2v) is 7.47. The van der Waals surface area contributed by atoms with Crippen molar-refractivity contribution in [3.8, 4) is 11.3 Å². The number of nitrogens with zero attached hydrogens (tertiary/aromatic N) is 5. The van der Waals surface area contributed by atoms with Gasteiger partial charge in [-0.1, -0.05) is 37.3 Å². The highest BCUT2D eigenvalue weighted by atomic mass is 15.3. The molecule has 0 spiro atoms. The Bertz CT molecular complexity index is 860. The number of aryl methyl sites for hydroxylation is 2. The Morgan fingerprint density at radius 1 is 1.11 bits per heavy atom. The third-order valence-corrected chi connectivity index (χ3v) is 5.11. The molecular formula is C22H31N5. The molecule has 0 bridgehead atoms. The van der Waals surface area contributed by atoms with E-state index in [2.05, 4.69) is 84.3 Å². The quantitative estimate of drug-likeness (QED) is 0.597. The largest absolute Gasteiger partial charge is 0.323 e. The summed E-state index contributed by atoms with van der Waals surface area (Å²) < 4.78 is 4.45. The van der Waals surface area contributed by atoms with Gasteiger partial charge in [0.1, 0.15) is 0 Å². The van der Waals surface area contributed by atoms with Crippen LogP contribution in [0.25, 0.3) is 11.3 Å². The fourth-order valence-electron chi connectivity index (χ4n) is 3.77. The molecule has 0 amide bonds. The molecule has 5 heteroatoms. The normalized spacial score (nSPS) is 12.7. The lowest BCUT2D eigenvalue weighted by Crippen LogP contribution is -2.20. The van der Waals surface area contributed by atoms with Gasteiger partial charge in [-0.25, -0.2) is 4.98 Å². The first-order chi connectivity index (χ1) is 13.0. The first kappa shape index (κ1) is 19.4. The number of imidazole rings is 1. The van der Waals surface area contributed by atoms with Crippen LogP contribution in [-0.4, -0.2) is 44.9 Å². The van der Waals surface area contributed by atoms with Gasteiger partial charge in [0.15, 0.2) is 0 Å². The van der Waals surface area contributed by atoms with Gasteiger partial charge in [0.2, 0.25) is 0 Å². The third kappa shape index (κ3) is 4.14. The summed E-state index contributed by atoms with van der Waals surface area (Å²) >= 11 is 0. The predicted octanol–water partition coefficient (Wildman–Crippen LogP) is 4.31. The number of rotatable bonds is 8. The molecule has 0 aliphatic carbocycles. The van der Waals surface area contributed by atoms with Crippen molar-refractivity contribution in [1.82, 2.24) is 24.2 Å². The Morgan fingerprint density at radius 2 is 1.85 bits per heavy atom. The van der Waals surface area contributed by atoms with E-state index < -0.39 is 0 Å². The Morgan fingerprint density at radius 3 is 2.52 bits per heavy atom. The van der Waals surface area contributed by atoms with Gasteiger partial charge in [0.25, 0.3) is 0 Å². The molecule has 5 nitrogen and oxygen atoms in total. The highest BCUT2D eigenvalue weighted by Gasteiger charge is 2.22. The van der Waals surface area contributed by atoms with E-state index in [0.717, 1.165) is 37.3 Å². The van der Waals surface area contributed by atoms with Crippen molar-refractivity contribution < 1.29 is 0 Å². The van der Waals surface area contributed by atoms with Gasteiger partial charge in [-0.05, 0) is 52.9 Å². The maximum Gasteiger partial charge on any atom is 0.0956 e. The van der Waals surface area contributed by atoms with Crippen LogP contribution >= 0.6 is 0 Å². The maximum atomic E-state index is 4.77. The Labute approximate surface area is 162 Å². The van der Waals surface area contributed by atoms with E-state index in [9.17, 15) is 0 Å². The molecule has 3 aromatic rings. The average Bonchev–Trinajstić information content (AvgIpc) is 3.21. The Hall–Kier alpha value is -2.40. The zero-order valence-corrected chi connectivity index (χ0v) is 17.2. The number of benzene rings is 1. The number of hydrogen-bond donors (Lipinski definition) is 0. The molecule has 3 rings (SSSR count). The Balaban J connectivity index is 2.06. The van der Waals surface area contributed by atoms with Gasteiger partial charge in [-0.15, -0.1) is 0 Å². The summed E-state index contributed by atoms with van der Waals surface area (Å²) in [4.78, 5) is 6.76. The van der Waals surface area contributed by atoms with Crippen LogP contribution in [0.4, 0.5) is 0 Å². The third-order valence-electron chi connectivity index (χ3n) is 5.11. The summed E-state index contributed by atoms with van der Waals surface area (Å²) in [5, 5.41) is 4.77. The highest BCUT2D eigenvalue weighted by Crippen LogP contribution is 2.32. The SMILES string of the molecule is CCCn1nc(C)c(-c2cncn2[C@H](CCN(C)C)c2ccccc2)c1C. The lowest BCUT2D eigenvalue weighted by Gasteiger charge is -2.23. The molecule has 0 aliphatic rings. The van der Waals surface area contributed by atoms with Crippen molar-refractivity contribution >= 4 is 0 Å². The van der Waals surface area contributed by atoms with Crippen LogP contribution in [0.2, 0.25) is 0 Å². The van der Waals surface area contributed by atoms with Gasteiger partial charge < -0.3 is 9.47 Å². The summed E-state index contributed by atoms with van der Waals surface area (Å²) in [5.41, 5.74) is 5.97. The molecule has 2 aromatic heterocycles. The molecule has 0 unspecified atom stereocenters. The van der Waals surface area contributed by atoms with Crippen LogP contribution in [0.1, 0.15) is 42.8 Å². The lowest BCUT2D eigenvalue weighted by atomic mass is 10.0. The predicted molar refractivity (Wildman–Crippen MR) is 111 cm³/mol. The molecule has 0 saturated heterocycles. The number of aromatic nitrogens is 4. The standard InChI is InChI=1S/C22H31N5/c1-6-13-27-18(3)22(17(2)24-27)21-15-23-16-26(21)20(12-14-25(4)5)19-10-8-7-9-11-19/h7-11,15-16,20H,6,12-14H2,1-5H3/t20-/m1/s1. The lowest BCUT2D eigenvalue weighted by molar-refractivity contribution is 0.367. The summed E-state index contributed by atoms with van der Waals surface area (Å²) in [7, 11) is 4.25. The van der Waals surface area contributed by atoms with Crippen LogP contribution < -0.4 is 0 Å². The zero-order valence-electron chi connectivity index (χ0n) is 17.2. The molecule has 1 aromatic carbocycles. The van der Waals surface area contributed by atoms with E-state index in [1.54, 1.807) is 0 Å². The van der Waals surface area contributed by atoms with Gasteiger partial charge in [-0.3, -0.25) is 4.68 Å². The van der Waals surface area contributed by atoms with Gasteiger partial charge in [0.05, 0.1) is 30.0 Å². The molecule has 27 heavy (non-hydrogen) atoms. The molecule has 0 fully saturated rings. The molecular weight excluding hydrogens is 334 g/mol. The topological polar surface area (TPSA) is 38.9 Å². The monoisotopic (exact) mass is 365 g/mol. The first-order valence-corrected chi connectivity index (χ1v) is 9.78. The van der Waals surface area contributed by atoms with Crippen LogP contribution in [-0.2, 0) is 6.54 Å². The minimum atomic E-state index is 0.249. The second-order valence-electron chi connectivity index (χ2n) is 7.47. The van der Waals surface area contributed by atoms with E-state index >= 15 is 0 Å². The number of hydrogen-bond acceptors (Lipinski definition) is 3. The van der Waals surface area contributed by atoms with Crippen molar-refractivity contribution in [2.45, 2.75) is 46.2 Å². The molecule has 0 N–H and O–H groups in total. The summed E-state index contributed by atoms with van der Waals surface area (Å²) in [6.07, 6.45) is 6.06. The molecule has 144 valence electrons. The van der Waals surface area contributed by atoms with Crippen molar-refractivity contribution in [3.63, 3.8) is 0 Å². The summed E-state index contributed by atoms with van der Waals surface area (Å²) in [6.45, 7) is 8.42. The van der Waals surface area contributed by atoms with Gasteiger partial charge >= 0.3 is 0 Å². The first-order valence-electron chi connectivity index (χ1n) is 9.78. The van der Waals surface area contributed by atoms with Crippen molar-refractivity contribution in [2.24, 2.45) is 0 Å². The van der Waals surface area contributed by atoms with Crippen molar-refractivity contribution in [2.75, 3.05) is 20.6 Å². The highest BCUT2D eigenvalue weighted by molar-refractivity contribution is 5.65. The van der Waals surface area contributed by atoms with E-state index in [1.165, 1.54) is 16.8 Å². The fourth-order valence-corrected chi connectivity index (χ4v) is 3.77. The van der Waals surface area contributed by atoms with E-state index in [-0.39, 0.29) is 6.04 Å². The van der Waals surface area contributed by atoms with Crippen molar-refractivity contribution in [1.29, 1.82) is 0 Å². The molecule has 2 heterocycles. The Kier molecular flexibility index (Phi) is 6.11. The van der Waals surface area contributed by atoms with Crippen LogP contribution in [0.15, 0.2) is 42.9 Å². The molecule has 1 atom stereocenters. The average molecular weight is 366 g/mol. The summed E-state index contributed by atoms with van der Waals surface area (Å²) in [6, 6.07) is 11.0. The van der Waals surface area contributed by atoms with E-state index in [0.29, 0.717) is 0 Å². The zero-order chi connectivity index (χ0) is 19.4. The smallest absolute Gasteiger partial charge is 0.0956 e. The molecule has 0 aliphatic heterocycles. The van der Waals surface area contributed by atoms with Gasteiger partial charge in [0, 0.05) is 17.8 Å². The van der Waals surface area contributed by atoms with Crippen LogP contribution in [0.5, 0.6) is 0 Å². The van der Waals surface area contributed by atoms with Crippen LogP contribution in [0.3, 0.4) is 0 Å². The molecule has 0 saturated carbocycles. The molecule has 0 radical (unpaired) electrons. The maximum absolute atomic E-state index is 4.77. The van der Waals surface area contributed by atoms with Crippen LogP contribution in [0, 0.1) is 13.8 Å².